The first kappa shape index (κ1) is 26.3. The van der Waals surface area contributed by atoms with Crippen LogP contribution in [-0.4, -0.2) is 82.8 Å². The van der Waals surface area contributed by atoms with E-state index in [2.05, 4.69) is 80.0 Å². The average molecular weight is 556 g/mol. The Morgan fingerprint density at radius 3 is 2.40 bits per heavy atom. The van der Waals surface area contributed by atoms with Crippen LogP contribution in [0.15, 0.2) is 60.7 Å². The van der Waals surface area contributed by atoms with Crippen molar-refractivity contribution >= 4 is 50.8 Å². The molecule has 0 bridgehead atoms. The molecular weight excluding hydrogens is 522 g/mol. The summed E-state index contributed by atoms with van der Waals surface area (Å²) in [4.78, 5) is 36.4. The maximum Gasteiger partial charge on any atom is 0.228 e. The molecule has 3 aromatic carbocycles. The van der Waals surface area contributed by atoms with Crippen molar-refractivity contribution in [2.45, 2.75) is 13.3 Å². The number of fused-ring (bicyclic) bond motifs is 2. The lowest BCUT2D eigenvalue weighted by Crippen LogP contribution is -2.44. The van der Waals surface area contributed by atoms with Crippen molar-refractivity contribution in [3.05, 3.63) is 83.4 Å². The molecule has 1 saturated heterocycles. The number of imidazole rings is 2. The number of anilines is 2. The Kier molecular flexibility index (Phi) is 7.45. The van der Waals surface area contributed by atoms with Crippen LogP contribution in [0.3, 0.4) is 0 Å². The number of aromatic amines is 2. The number of likely N-dealkylation sites (N-methyl/N-ethyl adjacent to an activating group) is 1. The van der Waals surface area contributed by atoms with Crippen LogP contribution in [0, 0.1) is 0 Å². The molecule has 40 heavy (non-hydrogen) atoms. The summed E-state index contributed by atoms with van der Waals surface area (Å²) < 4.78 is 0. The maximum absolute atomic E-state index is 13.4. The summed E-state index contributed by atoms with van der Waals surface area (Å²) >= 11 is 5.94. The van der Waals surface area contributed by atoms with Gasteiger partial charge in [0.05, 0.1) is 22.1 Å². The summed E-state index contributed by atoms with van der Waals surface area (Å²) in [6.45, 7) is 7.95. The lowest BCUT2D eigenvalue weighted by atomic mass is 10.1. The lowest BCUT2D eigenvalue weighted by Gasteiger charge is -2.34. The highest BCUT2D eigenvalue weighted by atomic mass is 35.5. The molecule has 5 aromatic rings. The van der Waals surface area contributed by atoms with Gasteiger partial charge in [-0.05, 0) is 68.1 Å². The molecule has 0 amide bonds. The van der Waals surface area contributed by atoms with Crippen molar-refractivity contribution in [1.29, 1.82) is 0 Å². The van der Waals surface area contributed by atoms with Crippen LogP contribution in [0.4, 0.5) is 11.4 Å². The summed E-state index contributed by atoms with van der Waals surface area (Å²) in [6, 6.07) is 20.3. The first-order valence-corrected chi connectivity index (χ1v) is 14.4. The monoisotopic (exact) mass is 555 g/mol. The Morgan fingerprint density at radius 2 is 1.65 bits per heavy atom. The fourth-order valence-corrected chi connectivity index (χ4v) is 5.58. The molecule has 8 nitrogen and oxygen atoms in total. The summed E-state index contributed by atoms with van der Waals surface area (Å²) in [5.41, 5.74) is 7.41. The molecule has 0 saturated carbocycles. The second-order valence-corrected chi connectivity index (χ2v) is 10.8. The number of H-pyrrole nitrogens is 2. The quantitative estimate of drug-likeness (QED) is 0.195. The van der Waals surface area contributed by atoms with E-state index in [-0.39, 0.29) is 5.78 Å². The smallest absolute Gasteiger partial charge is 0.228 e. The Hall–Kier alpha value is -3.88. The van der Waals surface area contributed by atoms with Crippen molar-refractivity contribution in [1.82, 2.24) is 24.8 Å². The molecule has 6 rings (SSSR count). The van der Waals surface area contributed by atoms with Crippen LogP contribution in [0.1, 0.15) is 34.5 Å². The predicted molar refractivity (Wildman–Crippen MR) is 163 cm³/mol. The van der Waals surface area contributed by atoms with Gasteiger partial charge in [0, 0.05) is 68.5 Å². The topological polar surface area (TPSA) is 84.2 Å². The Bertz CT molecular complexity index is 1630. The number of rotatable bonds is 9. The first-order chi connectivity index (χ1) is 19.5. The number of ketones is 1. The van der Waals surface area contributed by atoms with Gasteiger partial charge in [-0.2, -0.15) is 0 Å². The zero-order chi connectivity index (χ0) is 27.6. The minimum absolute atomic E-state index is 0.136. The summed E-state index contributed by atoms with van der Waals surface area (Å²) in [5.74, 6) is 1.68. The standard InChI is InChI=1S/C31H34ClN7O/c1-3-38(13-12-32)23-7-4-21(5-8-23)18-29-33-25-10-6-22(19-27(25)34-29)30(40)31-35-26-11-9-24(20-28(26)36-31)39-16-14-37(2)15-17-39/h4-11,19-20H,3,12-18H2,1-2H3,(H,33,34)(H,35,36). The molecule has 1 fully saturated rings. The number of piperazine rings is 1. The molecule has 9 heteroatoms. The fourth-order valence-electron chi connectivity index (χ4n) is 5.38. The number of nitrogens with one attached hydrogen (secondary N) is 2. The molecule has 0 unspecified atom stereocenters. The van der Waals surface area contributed by atoms with Gasteiger partial charge in [-0.25, -0.2) is 9.97 Å². The average Bonchev–Trinajstić information content (AvgIpc) is 3.59. The predicted octanol–water partition coefficient (Wildman–Crippen LogP) is 5.08. The van der Waals surface area contributed by atoms with Gasteiger partial charge in [0.2, 0.25) is 5.78 Å². The van der Waals surface area contributed by atoms with E-state index in [1.54, 1.807) is 0 Å². The molecular formula is C31H34ClN7O. The molecule has 3 heterocycles. The fraction of sp³-hybridized carbons (Fsp3) is 0.323. The van der Waals surface area contributed by atoms with Crippen LogP contribution in [0.2, 0.25) is 0 Å². The highest BCUT2D eigenvalue weighted by molar-refractivity contribution is 6.18. The van der Waals surface area contributed by atoms with Gasteiger partial charge in [-0.3, -0.25) is 4.79 Å². The van der Waals surface area contributed by atoms with Gasteiger partial charge in [0.1, 0.15) is 5.82 Å². The molecule has 2 N–H and O–H groups in total. The summed E-state index contributed by atoms with van der Waals surface area (Å²) in [6.07, 6.45) is 0.680. The Labute approximate surface area is 239 Å². The van der Waals surface area contributed by atoms with Crippen molar-refractivity contribution in [3.63, 3.8) is 0 Å². The third-order valence-electron chi connectivity index (χ3n) is 7.75. The van der Waals surface area contributed by atoms with E-state index in [0.29, 0.717) is 23.7 Å². The number of aromatic nitrogens is 4. The number of hydrogen-bond acceptors (Lipinski definition) is 6. The number of nitrogens with zero attached hydrogens (tertiary/aromatic N) is 5. The van der Waals surface area contributed by atoms with Gasteiger partial charge in [0.25, 0.3) is 0 Å². The number of carbonyl (C=O) groups is 1. The highest BCUT2D eigenvalue weighted by Crippen LogP contribution is 2.24. The molecule has 0 spiro atoms. The van der Waals surface area contributed by atoms with Crippen LogP contribution in [0.25, 0.3) is 22.1 Å². The van der Waals surface area contributed by atoms with Crippen molar-refractivity contribution in [2.24, 2.45) is 0 Å². The van der Waals surface area contributed by atoms with Gasteiger partial charge < -0.3 is 24.7 Å². The molecule has 206 valence electrons. The molecule has 0 atom stereocenters. The van der Waals surface area contributed by atoms with Crippen molar-refractivity contribution in [3.8, 4) is 0 Å². The minimum atomic E-state index is -0.136. The number of benzene rings is 3. The van der Waals surface area contributed by atoms with E-state index in [1.165, 1.54) is 11.3 Å². The zero-order valence-electron chi connectivity index (χ0n) is 23.0. The lowest BCUT2D eigenvalue weighted by molar-refractivity contribution is 0.103. The van der Waals surface area contributed by atoms with Crippen molar-refractivity contribution < 1.29 is 4.79 Å². The van der Waals surface area contributed by atoms with Crippen molar-refractivity contribution in [2.75, 3.05) is 62.0 Å². The summed E-state index contributed by atoms with van der Waals surface area (Å²) in [7, 11) is 2.15. The molecule has 1 aliphatic heterocycles. The number of hydrogen-bond donors (Lipinski definition) is 2. The van der Waals surface area contributed by atoms with Crippen LogP contribution < -0.4 is 9.80 Å². The van der Waals surface area contributed by atoms with Gasteiger partial charge in [-0.15, -0.1) is 11.6 Å². The first-order valence-electron chi connectivity index (χ1n) is 13.9. The minimum Gasteiger partial charge on any atom is -0.371 e. The molecule has 0 radical (unpaired) electrons. The van der Waals surface area contributed by atoms with Gasteiger partial charge in [0.15, 0.2) is 5.82 Å². The van der Waals surface area contributed by atoms with E-state index in [1.807, 2.05) is 24.3 Å². The number of carbonyl (C=O) groups excluding carboxylic acids is 1. The molecule has 1 aliphatic rings. The van der Waals surface area contributed by atoms with E-state index >= 15 is 0 Å². The van der Waals surface area contributed by atoms with E-state index in [9.17, 15) is 4.79 Å². The van der Waals surface area contributed by atoms with Gasteiger partial charge >= 0.3 is 0 Å². The second-order valence-electron chi connectivity index (χ2n) is 10.4. The van der Waals surface area contributed by atoms with Gasteiger partial charge in [-0.1, -0.05) is 12.1 Å². The Balaban J connectivity index is 1.18. The largest absolute Gasteiger partial charge is 0.371 e. The molecule has 2 aromatic heterocycles. The maximum atomic E-state index is 13.4. The van der Waals surface area contributed by atoms with E-state index in [4.69, 9.17) is 16.6 Å². The number of halogens is 1. The molecule has 0 aliphatic carbocycles. The second kappa shape index (κ2) is 11.3. The van der Waals surface area contributed by atoms with Crippen LogP contribution in [0.5, 0.6) is 0 Å². The van der Waals surface area contributed by atoms with E-state index < -0.39 is 0 Å². The third-order valence-corrected chi connectivity index (χ3v) is 7.92. The SMILES string of the molecule is CCN(CCCl)c1ccc(Cc2nc3ccc(C(=O)c4nc5ccc(N6CCN(C)CC6)cc5[nH]4)cc3[nH]2)cc1. The number of alkyl halides is 1. The van der Waals surface area contributed by atoms with E-state index in [0.717, 1.165) is 72.8 Å². The third kappa shape index (κ3) is 5.42. The van der Waals surface area contributed by atoms with Crippen LogP contribution in [-0.2, 0) is 6.42 Å². The highest BCUT2D eigenvalue weighted by Gasteiger charge is 2.18. The zero-order valence-corrected chi connectivity index (χ0v) is 23.7. The normalized spacial score (nSPS) is 14.3. The Morgan fingerprint density at radius 1 is 0.925 bits per heavy atom. The summed E-state index contributed by atoms with van der Waals surface area (Å²) in [5, 5.41) is 0. The van der Waals surface area contributed by atoms with Crippen LogP contribution >= 0.6 is 11.6 Å².